The average Bonchev–Trinajstić information content (AvgIpc) is 3.76. The van der Waals surface area contributed by atoms with Crippen LogP contribution in [0.3, 0.4) is 0 Å². The molecule has 0 amide bonds. The van der Waals surface area contributed by atoms with Gasteiger partial charge in [0.15, 0.2) is 0 Å². The van der Waals surface area contributed by atoms with Crippen LogP contribution >= 0.6 is 24.2 Å². The van der Waals surface area contributed by atoms with E-state index in [0.29, 0.717) is 6.42 Å². The molecule has 1 saturated carbocycles. The van der Waals surface area contributed by atoms with Crippen molar-refractivity contribution >= 4 is 42.1 Å². The molecule has 0 bridgehead atoms. The number of fused-ring (bicyclic) bond motifs is 1. The molecule has 3 aromatic carbocycles. The number of thiol groups is 1. The first-order valence-corrected chi connectivity index (χ1v) is 16.4. The number of anilines is 1. The Morgan fingerprint density at radius 3 is 2.45 bits per heavy atom. The largest absolute Gasteiger partial charge is 1.00 e. The van der Waals surface area contributed by atoms with Crippen LogP contribution in [0, 0.1) is 5.41 Å². The molecule has 2 aliphatic rings. The van der Waals surface area contributed by atoms with Gasteiger partial charge in [0, 0.05) is 16.2 Å². The molecule has 6 heteroatoms. The molecule has 44 heavy (non-hydrogen) atoms. The summed E-state index contributed by atoms with van der Waals surface area (Å²) in [6.07, 6.45) is 14.9. The molecule has 3 aromatic rings. The molecule has 230 valence electrons. The van der Waals surface area contributed by atoms with Crippen LogP contribution in [0.2, 0.25) is 5.02 Å². The third kappa shape index (κ3) is 12.1. The van der Waals surface area contributed by atoms with E-state index in [2.05, 4.69) is 111 Å². The Hall–Kier alpha value is -1.92. The van der Waals surface area contributed by atoms with Crippen LogP contribution in [0.1, 0.15) is 81.2 Å². The van der Waals surface area contributed by atoms with Gasteiger partial charge in [0.1, 0.15) is 0 Å². The fourth-order valence-corrected chi connectivity index (χ4v) is 5.85. The second kappa shape index (κ2) is 18.3. The molecule has 3 N–H and O–H groups in total. The molecular weight excluding hydrogens is 591 g/mol. The number of rotatable bonds is 10. The van der Waals surface area contributed by atoms with Crippen molar-refractivity contribution in [2.45, 2.75) is 77.8 Å². The molecule has 0 aromatic heterocycles. The van der Waals surface area contributed by atoms with Crippen molar-refractivity contribution in [2.24, 2.45) is 11.1 Å². The topological polar surface area (TPSA) is 61.1 Å². The fourth-order valence-electron chi connectivity index (χ4n) is 5.25. The summed E-state index contributed by atoms with van der Waals surface area (Å²) in [6.45, 7) is 11.5. The van der Waals surface area contributed by atoms with Crippen LogP contribution in [0.25, 0.3) is 12.2 Å². The standard InChI is InChI=1S/C29H31ClN2.C7H12OS.C2H6.Na/c1-29(2,31)27-12-4-3-10-23(27)11-6-9-21-7-5-8-22(19-21)13-17-26-18-15-24-14-16-25(30)20-28(24)32-26;1-6(8)4-7(5-9)2-3-7;1-2;/h3-5,7-8,10,12-20,26,32H,6,9,11,31H2,1-2H3;8-9H,1-5H2;1-2H3;/q;;;+1/p-1/b17-13+;;;. The van der Waals surface area contributed by atoms with E-state index < -0.39 is 0 Å². The monoisotopic (exact) mass is 638 g/mol. The van der Waals surface area contributed by atoms with Crippen LogP contribution in [0.15, 0.2) is 91.2 Å². The summed E-state index contributed by atoms with van der Waals surface area (Å²) in [6, 6.07) is 23.4. The molecule has 1 aliphatic carbocycles. The quantitative estimate of drug-likeness (QED) is 0.140. The summed E-state index contributed by atoms with van der Waals surface area (Å²) in [5, 5.41) is 14.8. The molecule has 1 fully saturated rings. The predicted octanol–water partition coefficient (Wildman–Crippen LogP) is 6.22. The van der Waals surface area contributed by atoms with E-state index in [1.165, 1.54) is 27.8 Å². The van der Waals surface area contributed by atoms with Crippen molar-refractivity contribution in [3.63, 3.8) is 0 Å². The Labute approximate surface area is 298 Å². The number of hydrogen-bond acceptors (Lipinski definition) is 4. The zero-order chi connectivity index (χ0) is 31.5. The van der Waals surface area contributed by atoms with Gasteiger partial charge in [-0.15, -0.1) is 12.3 Å². The number of nitrogens with two attached hydrogens (primary N) is 1. The molecular formula is C38H48ClN2NaOS. The van der Waals surface area contributed by atoms with E-state index in [-0.39, 0.29) is 52.3 Å². The van der Waals surface area contributed by atoms with Crippen molar-refractivity contribution in [3.05, 3.63) is 124 Å². The maximum absolute atomic E-state index is 10.5. The van der Waals surface area contributed by atoms with Gasteiger partial charge in [-0.1, -0.05) is 104 Å². The summed E-state index contributed by atoms with van der Waals surface area (Å²) >= 11 is 10.3. The third-order valence-corrected chi connectivity index (χ3v) is 8.66. The van der Waals surface area contributed by atoms with Crippen LogP contribution in [0.4, 0.5) is 5.69 Å². The van der Waals surface area contributed by atoms with Crippen molar-refractivity contribution in [1.29, 1.82) is 0 Å². The van der Waals surface area contributed by atoms with Crippen molar-refractivity contribution < 1.29 is 34.7 Å². The van der Waals surface area contributed by atoms with E-state index in [1.807, 2.05) is 32.0 Å². The second-order valence-corrected chi connectivity index (χ2v) is 12.7. The van der Waals surface area contributed by atoms with Crippen molar-refractivity contribution in [1.82, 2.24) is 0 Å². The minimum Gasteiger partial charge on any atom is -0.876 e. The molecule has 0 spiro atoms. The third-order valence-electron chi connectivity index (χ3n) is 7.76. The average molecular weight is 639 g/mol. The summed E-state index contributed by atoms with van der Waals surface area (Å²) in [5.74, 6) is 0.899. The zero-order valence-electron chi connectivity index (χ0n) is 27.2. The molecule has 1 atom stereocenters. The maximum Gasteiger partial charge on any atom is 1.00 e. The van der Waals surface area contributed by atoms with Gasteiger partial charge < -0.3 is 16.2 Å². The minimum atomic E-state index is -0.311. The van der Waals surface area contributed by atoms with Gasteiger partial charge in [0.2, 0.25) is 0 Å². The molecule has 1 unspecified atom stereocenters. The second-order valence-electron chi connectivity index (χ2n) is 12.0. The first-order chi connectivity index (χ1) is 20.6. The first-order valence-electron chi connectivity index (χ1n) is 15.4. The number of halogens is 1. The Balaban J connectivity index is 0.000000480. The number of allylic oxidation sites excluding steroid dienone is 1. The summed E-state index contributed by atoms with van der Waals surface area (Å²) in [4.78, 5) is 0. The number of hydrogen-bond donors (Lipinski definition) is 3. The zero-order valence-corrected chi connectivity index (χ0v) is 30.9. The normalized spacial score (nSPS) is 15.8. The molecule has 0 radical (unpaired) electrons. The number of aryl methyl sites for hydroxylation is 2. The van der Waals surface area contributed by atoms with Crippen LogP contribution < -0.4 is 45.7 Å². The number of nitrogens with one attached hydrogen (secondary N) is 1. The smallest absolute Gasteiger partial charge is 0.876 e. The van der Waals surface area contributed by atoms with Gasteiger partial charge >= 0.3 is 29.6 Å². The summed E-state index contributed by atoms with van der Waals surface area (Å²) in [5.41, 5.74) is 13.7. The Kier molecular flexibility index (Phi) is 15.9. The van der Waals surface area contributed by atoms with Crippen molar-refractivity contribution in [2.75, 3.05) is 11.1 Å². The van der Waals surface area contributed by atoms with Gasteiger partial charge in [-0.05, 0) is 103 Å². The van der Waals surface area contributed by atoms with Crippen LogP contribution in [-0.4, -0.2) is 11.8 Å². The molecule has 1 aliphatic heterocycles. The maximum atomic E-state index is 10.5. The van der Waals surface area contributed by atoms with Crippen LogP contribution in [0.5, 0.6) is 0 Å². The Bertz CT molecular complexity index is 1410. The Morgan fingerprint density at radius 2 is 1.82 bits per heavy atom. The molecule has 3 nitrogen and oxygen atoms in total. The van der Waals surface area contributed by atoms with Crippen molar-refractivity contribution in [3.8, 4) is 0 Å². The number of benzene rings is 3. The summed E-state index contributed by atoms with van der Waals surface area (Å²) < 4.78 is 0. The van der Waals surface area contributed by atoms with E-state index in [1.54, 1.807) is 0 Å². The molecule has 0 saturated heterocycles. The SMILES string of the molecule is C=C([O-])CC1(CS)CC1.CC.CC(C)(N)c1ccccc1CCCc1cccc(/C=C/C2C=Cc3ccc(Cl)cc3N2)c1.[Na+]. The molecule has 5 rings (SSSR count). The van der Waals surface area contributed by atoms with Gasteiger partial charge in [-0.3, -0.25) is 0 Å². The minimum absolute atomic E-state index is 0. The van der Waals surface area contributed by atoms with Gasteiger partial charge in [-0.25, -0.2) is 0 Å². The summed E-state index contributed by atoms with van der Waals surface area (Å²) in [7, 11) is 0. The van der Waals surface area contributed by atoms with Gasteiger partial charge in [0.05, 0.1) is 6.04 Å². The first kappa shape index (κ1) is 38.3. The molecule has 1 heterocycles. The van der Waals surface area contributed by atoms with E-state index in [0.717, 1.165) is 48.6 Å². The van der Waals surface area contributed by atoms with Gasteiger partial charge in [0.25, 0.3) is 0 Å². The van der Waals surface area contributed by atoms with E-state index in [4.69, 9.17) is 17.3 Å². The Morgan fingerprint density at radius 1 is 1.09 bits per heavy atom. The van der Waals surface area contributed by atoms with Crippen LogP contribution in [-0.2, 0) is 18.4 Å². The van der Waals surface area contributed by atoms with E-state index in [9.17, 15) is 5.11 Å². The predicted molar refractivity (Wildman–Crippen MR) is 190 cm³/mol. The van der Waals surface area contributed by atoms with Gasteiger partial charge in [-0.2, -0.15) is 12.6 Å². The van der Waals surface area contributed by atoms with E-state index >= 15 is 0 Å². The fraction of sp³-hybridized carbons (Fsp3) is 0.368.